The molecule has 0 spiro atoms. The van der Waals surface area contributed by atoms with E-state index in [1.807, 2.05) is 37.3 Å². The molecule has 1 heterocycles. The summed E-state index contributed by atoms with van der Waals surface area (Å²) in [7, 11) is 0. The van der Waals surface area contributed by atoms with Gasteiger partial charge in [-0.15, -0.1) is 0 Å². The van der Waals surface area contributed by atoms with Crippen molar-refractivity contribution < 1.29 is 14.7 Å². The molecule has 2 aliphatic carbocycles. The van der Waals surface area contributed by atoms with Gasteiger partial charge >= 0.3 is 0 Å². The molecule has 5 atom stereocenters. The van der Waals surface area contributed by atoms with Crippen LogP contribution in [0.2, 0.25) is 0 Å². The highest BCUT2D eigenvalue weighted by Gasteiger charge is 2.58. The lowest BCUT2D eigenvalue weighted by Gasteiger charge is -2.19. The molecule has 3 aliphatic rings. The van der Waals surface area contributed by atoms with E-state index in [-0.39, 0.29) is 42.0 Å². The highest BCUT2D eigenvalue weighted by Crippen LogP contribution is 2.52. The van der Waals surface area contributed by atoms with Crippen LogP contribution >= 0.6 is 0 Å². The van der Waals surface area contributed by atoms with Crippen molar-refractivity contribution in [1.29, 1.82) is 0 Å². The number of carbonyl (C=O) groups excluding carboxylic acids is 2. The van der Waals surface area contributed by atoms with Crippen LogP contribution in [0.25, 0.3) is 0 Å². The van der Waals surface area contributed by atoms with E-state index >= 15 is 0 Å². The van der Waals surface area contributed by atoms with Gasteiger partial charge in [0.25, 0.3) is 0 Å². The van der Waals surface area contributed by atoms with Gasteiger partial charge in [0.2, 0.25) is 11.8 Å². The highest BCUT2D eigenvalue weighted by atomic mass is 16.3. The number of hydrogen-bond donors (Lipinski definition) is 3. The number of fused-ring (bicyclic) bond motifs is 5. The minimum absolute atomic E-state index is 0.0242. The van der Waals surface area contributed by atoms with Gasteiger partial charge in [-0.3, -0.25) is 19.5 Å². The number of aliphatic hydroxyl groups is 1. The maximum atomic E-state index is 12.7. The van der Waals surface area contributed by atoms with Crippen molar-refractivity contribution in [1.82, 2.24) is 15.5 Å². The van der Waals surface area contributed by atoms with Gasteiger partial charge in [0.05, 0.1) is 24.5 Å². The van der Waals surface area contributed by atoms with Crippen molar-refractivity contribution >= 4 is 17.8 Å². The molecule has 1 aromatic rings. The van der Waals surface area contributed by atoms with Crippen LogP contribution in [0.4, 0.5) is 0 Å². The van der Waals surface area contributed by atoms with Crippen LogP contribution in [0.15, 0.2) is 47.5 Å². The summed E-state index contributed by atoms with van der Waals surface area (Å²) >= 11 is 0. The smallest absolute Gasteiger partial charge is 0.233 e. The monoisotopic (exact) mass is 410 g/mol. The molecule has 4 rings (SSSR count). The molecule has 1 saturated carbocycles. The molecule has 7 nitrogen and oxygen atoms in total. The normalized spacial score (nSPS) is 28.2. The molecule has 160 valence electrons. The fourth-order valence-corrected chi connectivity index (χ4v) is 4.96. The summed E-state index contributed by atoms with van der Waals surface area (Å²) in [6.07, 6.45) is 5.12. The third kappa shape index (κ3) is 4.12. The summed E-state index contributed by atoms with van der Waals surface area (Å²) in [4.78, 5) is 31.4. The summed E-state index contributed by atoms with van der Waals surface area (Å²) in [5.41, 5.74) is 1.07. The van der Waals surface area contributed by atoms with E-state index < -0.39 is 6.10 Å². The standard InChI is InChI=1S/C23H30N4O3/c1-2-24-23(26-14-18(28)12-15-6-4-3-5-7-15)25-10-11-27-21(29)19-16-8-9-17(13-16)20(19)22(27)30/h3-9,16-20,28H,2,10-14H2,1H3,(H2,24,25,26). The first kappa shape index (κ1) is 20.6. The molecule has 5 unspecified atom stereocenters. The Morgan fingerprint density at radius 1 is 1.13 bits per heavy atom. The predicted molar refractivity (Wildman–Crippen MR) is 115 cm³/mol. The molecule has 2 fully saturated rings. The largest absolute Gasteiger partial charge is 0.391 e. The van der Waals surface area contributed by atoms with E-state index in [0.29, 0.717) is 32.0 Å². The Labute approximate surface area is 177 Å². The van der Waals surface area contributed by atoms with Gasteiger partial charge in [0.15, 0.2) is 5.96 Å². The molecule has 0 aromatic heterocycles. The molecule has 2 amide bonds. The van der Waals surface area contributed by atoms with Gasteiger partial charge < -0.3 is 15.7 Å². The number of likely N-dealkylation sites (tertiary alicyclic amines) is 1. The molecule has 0 radical (unpaired) electrons. The summed E-state index contributed by atoms with van der Waals surface area (Å²) in [5, 5.41) is 16.6. The summed E-state index contributed by atoms with van der Waals surface area (Å²) in [6.45, 7) is 3.68. The Morgan fingerprint density at radius 2 is 1.80 bits per heavy atom. The van der Waals surface area contributed by atoms with Crippen LogP contribution in [0.3, 0.4) is 0 Å². The van der Waals surface area contributed by atoms with Crippen LogP contribution in [-0.2, 0) is 16.0 Å². The number of carbonyl (C=O) groups is 2. The number of benzene rings is 1. The van der Waals surface area contributed by atoms with E-state index in [9.17, 15) is 14.7 Å². The number of hydrogen-bond acceptors (Lipinski definition) is 4. The van der Waals surface area contributed by atoms with E-state index in [1.54, 1.807) is 0 Å². The zero-order valence-corrected chi connectivity index (χ0v) is 17.3. The molecule has 7 heteroatoms. The number of aliphatic imine (C=N–C) groups is 1. The van der Waals surface area contributed by atoms with Crippen molar-refractivity contribution in [2.75, 3.05) is 26.2 Å². The van der Waals surface area contributed by atoms with Crippen LogP contribution in [-0.4, -0.2) is 60.1 Å². The molecule has 3 N–H and O–H groups in total. The lowest BCUT2D eigenvalue weighted by molar-refractivity contribution is -0.140. The zero-order valence-electron chi connectivity index (χ0n) is 17.3. The highest BCUT2D eigenvalue weighted by molar-refractivity contribution is 6.06. The number of amides is 2. The quantitative estimate of drug-likeness (QED) is 0.257. The fraction of sp³-hybridized carbons (Fsp3) is 0.522. The Kier molecular flexibility index (Phi) is 6.18. The molecular formula is C23H30N4O3. The molecular weight excluding hydrogens is 380 g/mol. The van der Waals surface area contributed by atoms with Gasteiger partial charge in [0.1, 0.15) is 0 Å². The molecule has 1 saturated heterocycles. The predicted octanol–water partition coefficient (Wildman–Crippen LogP) is 0.952. The molecule has 1 aliphatic heterocycles. The summed E-state index contributed by atoms with van der Waals surface area (Å²) in [6, 6.07) is 9.82. The first-order valence-electron chi connectivity index (χ1n) is 10.9. The Balaban J connectivity index is 1.27. The van der Waals surface area contributed by atoms with Crippen molar-refractivity contribution in [2.45, 2.75) is 25.9 Å². The van der Waals surface area contributed by atoms with Crippen LogP contribution in [0.5, 0.6) is 0 Å². The fourth-order valence-electron chi connectivity index (χ4n) is 4.96. The molecule has 1 aromatic carbocycles. The summed E-state index contributed by atoms with van der Waals surface area (Å²) in [5.74, 6) is 0.697. The van der Waals surface area contributed by atoms with Crippen molar-refractivity contribution in [2.24, 2.45) is 28.7 Å². The third-order valence-corrected chi connectivity index (χ3v) is 6.31. The SMILES string of the molecule is CCNC(=NCC(O)Cc1ccccc1)NCCN1C(=O)C2C3C=CC(C3)C2C1=O. The number of nitrogens with one attached hydrogen (secondary N) is 2. The number of imide groups is 1. The lowest BCUT2D eigenvalue weighted by Crippen LogP contribution is -2.44. The van der Waals surface area contributed by atoms with E-state index in [1.165, 1.54) is 4.90 Å². The number of allylic oxidation sites excluding steroid dienone is 2. The first-order chi connectivity index (χ1) is 14.6. The zero-order chi connectivity index (χ0) is 21.1. The third-order valence-electron chi connectivity index (χ3n) is 6.31. The Hall–Kier alpha value is -2.67. The van der Waals surface area contributed by atoms with E-state index in [4.69, 9.17) is 0 Å². The molecule has 30 heavy (non-hydrogen) atoms. The van der Waals surface area contributed by atoms with Gasteiger partial charge in [0, 0.05) is 26.1 Å². The topological polar surface area (TPSA) is 94.0 Å². The second-order valence-corrected chi connectivity index (χ2v) is 8.32. The average molecular weight is 411 g/mol. The van der Waals surface area contributed by atoms with Crippen LogP contribution < -0.4 is 10.6 Å². The Bertz CT molecular complexity index is 808. The van der Waals surface area contributed by atoms with Crippen LogP contribution in [0, 0.1) is 23.7 Å². The minimum Gasteiger partial charge on any atom is -0.391 e. The van der Waals surface area contributed by atoms with Gasteiger partial charge in [-0.1, -0.05) is 42.5 Å². The maximum absolute atomic E-state index is 12.7. The maximum Gasteiger partial charge on any atom is 0.233 e. The molecule has 2 bridgehead atoms. The number of rotatable bonds is 8. The van der Waals surface area contributed by atoms with E-state index in [2.05, 4.69) is 27.8 Å². The number of nitrogens with zero attached hydrogens (tertiary/aromatic N) is 2. The van der Waals surface area contributed by atoms with Crippen molar-refractivity contribution in [3.05, 3.63) is 48.0 Å². The van der Waals surface area contributed by atoms with Crippen LogP contribution in [0.1, 0.15) is 18.9 Å². The average Bonchev–Trinajstić information content (AvgIpc) is 3.42. The van der Waals surface area contributed by atoms with Gasteiger partial charge in [-0.2, -0.15) is 0 Å². The summed E-state index contributed by atoms with van der Waals surface area (Å²) < 4.78 is 0. The number of aliphatic hydroxyl groups excluding tert-OH is 1. The minimum atomic E-state index is -0.577. The van der Waals surface area contributed by atoms with Gasteiger partial charge in [-0.05, 0) is 30.7 Å². The number of guanidine groups is 1. The second-order valence-electron chi connectivity index (χ2n) is 8.32. The van der Waals surface area contributed by atoms with Crippen molar-refractivity contribution in [3.8, 4) is 0 Å². The lowest BCUT2D eigenvalue weighted by atomic mass is 9.85. The van der Waals surface area contributed by atoms with E-state index in [0.717, 1.165) is 12.0 Å². The second kappa shape index (κ2) is 9.00. The van der Waals surface area contributed by atoms with Gasteiger partial charge in [-0.25, -0.2) is 0 Å². The van der Waals surface area contributed by atoms with Crippen molar-refractivity contribution in [3.63, 3.8) is 0 Å². The Morgan fingerprint density at radius 3 is 2.43 bits per heavy atom. The first-order valence-corrected chi connectivity index (χ1v) is 10.9.